The first kappa shape index (κ1) is 20.0. The zero-order chi connectivity index (χ0) is 19.4. The van der Waals surface area contributed by atoms with Crippen molar-refractivity contribution in [2.75, 3.05) is 38.0 Å². The molecule has 9 heteroatoms. The summed E-state index contributed by atoms with van der Waals surface area (Å²) in [5, 5.41) is 7.82. The summed E-state index contributed by atoms with van der Waals surface area (Å²) in [5.74, 6) is -0.0468. The van der Waals surface area contributed by atoms with Crippen LogP contribution in [0.5, 0.6) is 0 Å². The molecule has 0 spiro atoms. The Morgan fingerprint density at radius 2 is 1.89 bits per heavy atom. The summed E-state index contributed by atoms with van der Waals surface area (Å²) >= 11 is 11.6. The summed E-state index contributed by atoms with van der Waals surface area (Å²) in [4.78, 5) is 16.7. The highest BCUT2D eigenvalue weighted by Gasteiger charge is 2.20. The Kier molecular flexibility index (Phi) is 6.64. The molecule has 1 fully saturated rings. The number of carbonyl (C=O) groups is 1. The van der Waals surface area contributed by atoms with E-state index in [9.17, 15) is 4.79 Å². The van der Waals surface area contributed by atoms with Crippen LogP contribution in [0.15, 0.2) is 30.6 Å². The van der Waals surface area contributed by atoms with Gasteiger partial charge in [0.2, 0.25) is 5.91 Å². The summed E-state index contributed by atoms with van der Waals surface area (Å²) < 4.78 is 4.59. The Labute approximate surface area is 169 Å². The maximum atomic E-state index is 12.3. The van der Waals surface area contributed by atoms with Gasteiger partial charge in [-0.25, -0.2) is 4.68 Å². The van der Waals surface area contributed by atoms with E-state index in [0.29, 0.717) is 30.0 Å². The Hall–Kier alpha value is -1.74. The van der Waals surface area contributed by atoms with Gasteiger partial charge in [0.05, 0.1) is 23.9 Å². The molecule has 1 N–H and O–H groups in total. The molecule has 2 heterocycles. The van der Waals surface area contributed by atoms with Gasteiger partial charge in [-0.2, -0.15) is 5.10 Å². The van der Waals surface area contributed by atoms with Gasteiger partial charge in [0.1, 0.15) is 6.33 Å². The van der Waals surface area contributed by atoms with Gasteiger partial charge in [-0.1, -0.05) is 23.7 Å². The van der Waals surface area contributed by atoms with Crippen LogP contribution in [-0.4, -0.2) is 62.8 Å². The standard InChI is InChI=1S/C18H25ClN6OS/c1-14(2)24-12-20-25(18(24)27)13-23-9-7-22(8-10-23)11-17(26)21-16-6-4-3-5-15(16)19/h3-6,12,14H,7-11,13H2,1-2H3,(H,21,26). The lowest BCUT2D eigenvalue weighted by molar-refractivity contribution is -0.117. The number of halogens is 1. The van der Waals surface area contributed by atoms with E-state index in [0.717, 1.165) is 31.0 Å². The van der Waals surface area contributed by atoms with E-state index in [2.05, 4.69) is 34.1 Å². The lowest BCUT2D eigenvalue weighted by atomic mass is 10.3. The second-order valence-electron chi connectivity index (χ2n) is 6.98. The molecule has 0 bridgehead atoms. The third-order valence-corrected chi connectivity index (χ3v) is 5.38. The molecule has 0 radical (unpaired) electrons. The molecule has 1 saturated heterocycles. The van der Waals surface area contributed by atoms with E-state index in [1.165, 1.54) is 0 Å². The normalized spacial score (nSPS) is 16.0. The Morgan fingerprint density at radius 1 is 1.22 bits per heavy atom. The largest absolute Gasteiger partial charge is 0.324 e. The number of para-hydroxylation sites is 1. The number of nitrogens with one attached hydrogen (secondary N) is 1. The molecule has 1 amide bonds. The average molecular weight is 409 g/mol. The van der Waals surface area contributed by atoms with Crippen molar-refractivity contribution in [1.82, 2.24) is 24.1 Å². The number of nitrogens with zero attached hydrogens (tertiary/aromatic N) is 5. The van der Waals surface area contributed by atoms with E-state index < -0.39 is 0 Å². The number of benzene rings is 1. The van der Waals surface area contributed by atoms with Gasteiger partial charge in [-0.05, 0) is 38.2 Å². The smallest absolute Gasteiger partial charge is 0.238 e. The average Bonchev–Trinajstić information content (AvgIpc) is 2.99. The first-order chi connectivity index (χ1) is 12.9. The van der Waals surface area contributed by atoms with E-state index in [4.69, 9.17) is 23.8 Å². The van der Waals surface area contributed by atoms with Gasteiger partial charge in [-0.3, -0.25) is 14.6 Å². The fraction of sp³-hybridized carbons (Fsp3) is 0.500. The predicted molar refractivity (Wildman–Crippen MR) is 110 cm³/mol. The zero-order valence-electron chi connectivity index (χ0n) is 15.6. The number of hydrogen-bond acceptors (Lipinski definition) is 5. The van der Waals surface area contributed by atoms with Gasteiger partial charge < -0.3 is 9.88 Å². The van der Waals surface area contributed by atoms with Crippen LogP contribution in [0, 0.1) is 4.77 Å². The number of carbonyl (C=O) groups excluding carboxylic acids is 1. The van der Waals surface area contributed by atoms with Gasteiger partial charge in [0.15, 0.2) is 4.77 Å². The Balaban J connectivity index is 1.47. The first-order valence-corrected chi connectivity index (χ1v) is 9.85. The number of rotatable bonds is 6. The number of anilines is 1. The highest BCUT2D eigenvalue weighted by atomic mass is 35.5. The lowest BCUT2D eigenvalue weighted by Crippen LogP contribution is -2.49. The number of hydrogen-bond donors (Lipinski definition) is 1. The second kappa shape index (κ2) is 8.97. The molecule has 1 aromatic carbocycles. The minimum atomic E-state index is -0.0468. The molecule has 0 unspecified atom stereocenters. The van der Waals surface area contributed by atoms with Crippen LogP contribution in [-0.2, 0) is 11.5 Å². The molecule has 27 heavy (non-hydrogen) atoms. The third-order valence-electron chi connectivity index (χ3n) is 4.63. The van der Waals surface area contributed by atoms with E-state index in [-0.39, 0.29) is 5.91 Å². The monoisotopic (exact) mass is 408 g/mol. The molecule has 1 aliphatic rings. The van der Waals surface area contributed by atoms with E-state index >= 15 is 0 Å². The van der Waals surface area contributed by atoms with Gasteiger partial charge >= 0.3 is 0 Å². The Bertz CT molecular complexity index is 840. The molecule has 0 saturated carbocycles. The molecule has 7 nitrogen and oxygen atoms in total. The van der Waals surface area contributed by atoms with Crippen molar-refractivity contribution in [3.63, 3.8) is 0 Å². The minimum absolute atomic E-state index is 0.0468. The van der Waals surface area contributed by atoms with Crippen LogP contribution in [0.1, 0.15) is 19.9 Å². The predicted octanol–water partition coefficient (Wildman–Crippen LogP) is 2.86. The zero-order valence-corrected chi connectivity index (χ0v) is 17.2. The van der Waals surface area contributed by atoms with Crippen molar-refractivity contribution >= 4 is 35.4 Å². The SMILES string of the molecule is CC(C)n1cnn(CN2CCN(CC(=O)Nc3ccccc3Cl)CC2)c1=S. The molecule has 1 aromatic heterocycles. The van der Waals surface area contributed by atoms with Crippen molar-refractivity contribution in [3.8, 4) is 0 Å². The minimum Gasteiger partial charge on any atom is -0.324 e. The molecule has 0 aliphatic carbocycles. The highest BCUT2D eigenvalue weighted by molar-refractivity contribution is 7.71. The van der Waals surface area contributed by atoms with Crippen molar-refractivity contribution in [2.45, 2.75) is 26.6 Å². The molecule has 146 valence electrons. The van der Waals surface area contributed by atoms with Crippen molar-refractivity contribution in [1.29, 1.82) is 0 Å². The Morgan fingerprint density at radius 3 is 2.52 bits per heavy atom. The van der Waals surface area contributed by atoms with Crippen LogP contribution in [0.25, 0.3) is 0 Å². The summed E-state index contributed by atoms with van der Waals surface area (Å²) in [6.45, 7) is 8.62. The highest BCUT2D eigenvalue weighted by Crippen LogP contribution is 2.20. The summed E-state index contributed by atoms with van der Waals surface area (Å²) in [6.07, 6.45) is 1.79. The van der Waals surface area contributed by atoms with E-state index in [1.54, 1.807) is 18.5 Å². The molecule has 3 rings (SSSR count). The van der Waals surface area contributed by atoms with Gasteiger partial charge in [0.25, 0.3) is 0 Å². The summed E-state index contributed by atoms with van der Waals surface area (Å²) in [6, 6.07) is 7.57. The van der Waals surface area contributed by atoms with Crippen LogP contribution in [0.2, 0.25) is 5.02 Å². The van der Waals surface area contributed by atoms with Crippen LogP contribution < -0.4 is 5.32 Å². The number of aromatic nitrogens is 3. The first-order valence-electron chi connectivity index (χ1n) is 9.07. The topological polar surface area (TPSA) is 58.3 Å². The summed E-state index contributed by atoms with van der Waals surface area (Å²) in [7, 11) is 0. The fourth-order valence-corrected chi connectivity index (χ4v) is 3.58. The fourth-order valence-electron chi connectivity index (χ4n) is 3.03. The lowest BCUT2D eigenvalue weighted by Gasteiger charge is -2.34. The molecule has 0 atom stereocenters. The van der Waals surface area contributed by atoms with Crippen molar-refractivity contribution < 1.29 is 4.79 Å². The molecule has 2 aromatic rings. The van der Waals surface area contributed by atoms with Crippen molar-refractivity contribution in [3.05, 3.63) is 40.4 Å². The van der Waals surface area contributed by atoms with Crippen LogP contribution in [0.4, 0.5) is 5.69 Å². The summed E-state index contributed by atoms with van der Waals surface area (Å²) in [5.41, 5.74) is 0.651. The molecule has 1 aliphatic heterocycles. The maximum Gasteiger partial charge on any atom is 0.238 e. The molecular weight excluding hydrogens is 384 g/mol. The van der Waals surface area contributed by atoms with Crippen molar-refractivity contribution in [2.24, 2.45) is 0 Å². The molecular formula is C18H25ClN6OS. The quantitative estimate of drug-likeness (QED) is 0.745. The van der Waals surface area contributed by atoms with Crippen LogP contribution in [0.3, 0.4) is 0 Å². The van der Waals surface area contributed by atoms with Gasteiger partial charge in [-0.15, -0.1) is 0 Å². The third kappa shape index (κ3) is 5.16. The van der Waals surface area contributed by atoms with E-state index in [1.807, 2.05) is 21.4 Å². The maximum absolute atomic E-state index is 12.3. The number of piperazine rings is 1. The van der Waals surface area contributed by atoms with Crippen LogP contribution >= 0.6 is 23.8 Å². The van der Waals surface area contributed by atoms with Gasteiger partial charge in [0, 0.05) is 32.2 Å². The second-order valence-corrected chi connectivity index (χ2v) is 7.75. The number of amides is 1.